The second kappa shape index (κ2) is 3.37. The van der Waals surface area contributed by atoms with Gasteiger partial charge in [0.1, 0.15) is 0 Å². The van der Waals surface area contributed by atoms with Gasteiger partial charge in [0.15, 0.2) is 0 Å². The lowest BCUT2D eigenvalue weighted by Crippen LogP contribution is -2.29. The molecular weight excluding hydrogens is 144 g/mol. The summed E-state index contributed by atoms with van der Waals surface area (Å²) in [6.07, 6.45) is 1.57. The van der Waals surface area contributed by atoms with E-state index in [-0.39, 0.29) is 5.91 Å². The van der Waals surface area contributed by atoms with Crippen LogP contribution >= 0.6 is 0 Å². The van der Waals surface area contributed by atoms with Gasteiger partial charge in [-0.15, -0.1) is 0 Å². The fraction of sp³-hybridized carbons (Fsp3) is 0.714. The molecule has 0 aromatic carbocycles. The number of likely N-dealkylation sites (tertiary alicyclic amines) is 1. The first-order chi connectivity index (χ1) is 5.24. The number of carbonyl (C=O) groups is 1. The smallest absolute Gasteiger partial charge is 0.222 e. The van der Waals surface area contributed by atoms with Crippen molar-refractivity contribution in [3.05, 3.63) is 0 Å². The minimum absolute atomic E-state index is 0.160. The van der Waals surface area contributed by atoms with Crippen molar-refractivity contribution in [3.63, 3.8) is 0 Å². The van der Waals surface area contributed by atoms with Gasteiger partial charge in [-0.25, -0.2) is 0 Å². The molecule has 0 bridgehead atoms. The van der Waals surface area contributed by atoms with Crippen molar-refractivity contribution < 1.29 is 10.0 Å². The van der Waals surface area contributed by atoms with E-state index in [9.17, 15) is 4.79 Å². The van der Waals surface area contributed by atoms with Gasteiger partial charge >= 0.3 is 0 Å². The Morgan fingerprint density at radius 1 is 1.82 bits per heavy atom. The summed E-state index contributed by atoms with van der Waals surface area (Å²) in [5.74, 6) is 0.160. The first-order valence-corrected chi connectivity index (χ1v) is 3.69. The van der Waals surface area contributed by atoms with Gasteiger partial charge in [0.25, 0.3) is 0 Å². The van der Waals surface area contributed by atoms with E-state index in [0.717, 1.165) is 13.0 Å². The zero-order valence-corrected chi connectivity index (χ0v) is 6.58. The highest BCUT2D eigenvalue weighted by molar-refractivity contribution is 5.88. The van der Waals surface area contributed by atoms with Crippen molar-refractivity contribution in [2.24, 2.45) is 5.16 Å². The molecule has 62 valence electrons. The third-order valence-corrected chi connectivity index (χ3v) is 1.76. The summed E-state index contributed by atoms with van der Waals surface area (Å²) < 4.78 is 0. The Kier molecular flexibility index (Phi) is 2.46. The standard InChI is InChI=1S/C7H12N2O2/c1-6(8-11)5-9-4-2-3-7(9)10/h11H,2-5H2,1H3/b8-6+. The van der Waals surface area contributed by atoms with Crippen molar-refractivity contribution in [2.75, 3.05) is 13.1 Å². The molecular formula is C7H12N2O2. The number of hydrogen-bond acceptors (Lipinski definition) is 3. The lowest BCUT2D eigenvalue weighted by Gasteiger charge is -2.13. The predicted molar refractivity (Wildman–Crippen MR) is 40.7 cm³/mol. The van der Waals surface area contributed by atoms with E-state index in [4.69, 9.17) is 5.21 Å². The Labute approximate surface area is 65.5 Å². The largest absolute Gasteiger partial charge is 0.411 e. The van der Waals surface area contributed by atoms with Gasteiger partial charge in [-0.05, 0) is 13.3 Å². The van der Waals surface area contributed by atoms with Crippen LogP contribution in [0.5, 0.6) is 0 Å². The third kappa shape index (κ3) is 1.93. The molecule has 0 radical (unpaired) electrons. The van der Waals surface area contributed by atoms with Gasteiger partial charge in [0, 0.05) is 13.0 Å². The molecule has 1 aliphatic rings. The van der Waals surface area contributed by atoms with Crippen LogP contribution in [0.15, 0.2) is 5.16 Å². The molecule has 4 nitrogen and oxygen atoms in total. The van der Waals surface area contributed by atoms with Crippen molar-refractivity contribution in [2.45, 2.75) is 19.8 Å². The molecule has 1 amide bonds. The van der Waals surface area contributed by atoms with Crippen LogP contribution < -0.4 is 0 Å². The quantitative estimate of drug-likeness (QED) is 0.358. The van der Waals surface area contributed by atoms with E-state index >= 15 is 0 Å². The van der Waals surface area contributed by atoms with Crippen LogP contribution in [0.3, 0.4) is 0 Å². The molecule has 1 saturated heterocycles. The fourth-order valence-corrected chi connectivity index (χ4v) is 1.18. The Hall–Kier alpha value is -1.06. The summed E-state index contributed by atoms with van der Waals surface area (Å²) in [5, 5.41) is 11.3. The Morgan fingerprint density at radius 2 is 2.55 bits per heavy atom. The van der Waals surface area contributed by atoms with Gasteiger partial charge in [-0.3, -0.25) is 4.79 Å². The molecule has 0 aromatic rings. The Balaban J connectivity index is 2.43. The predicted octanol–water partition coefficient (Wildman–Crippen LogP) is 0.459. The number of carbonyl (C=O) groups excluding carboxylic acids is 1. The molecule has 0 aliphatic carbocycles. The van der Waals surface area contributed by atoms with Crippen molar-refractivity contribution in [1.82, 2.24) is 4.90 Å². The molecule has 0 atom stereocenters. The van der Waals surface area contributed by atoms with Gasteiger partial charge in [0.05, 0.1) is 12.3 Å². The normalized spacial score (nSPS) is 19.5. The lowest BCUT2D eigenvalue weighted by molar-refractivity contribution is -0.127. The maximum Gasteiger partial charge on any atom is 0.222 e. The number of hydrogen-bond donors (Lipinski definition) is 1. The number of rotatable bonds is 2. The summed E-state index contributed by atoms with van der Waals surface area (Å²) in [6.45, 7) is 2.96. The molecule has 0 unspecified atom stereocenters. The van der Waals surface area contributed by atoms with Crippen LogP contribution in [0.25, 0.3) is 0 Å². The SMILES string of the molecule is C/C(CN1CCCC1=O)=N\O. The van der Waals surface area contributed by atoms with Gasteiger partial charge < -0.3 is 10.1 Å². The molecule has 1 N–H and O–H groups in total. The first-order valence-electron chi connectivity index (χ1n) is 3.69. The van der Waals surface area contributed by atoms with Gasteiger partial charge in [-0.2, -0.15) is 0 Å². The molecule has 1 fully saturated rings. The van der Waals surface area contributed by atoms with E-state index in [1.165, 1.54) is 0 Å². The molecule has 11 heavy (non-hydrogen) atoms. The second-order valence-electron chi connectivity index (χ2n) is 2.75. The van der Waals surface area contributed by atoms with E-state index in [2.05, 4.69) is 5.16 Å². The van der Waals surface area contributed by atoms with Crippen LogP contribution in [-0.2, 0) is 4.79 Å². The van der Waals surface area contributed by atoms with Crippen molar-refractivity contribution in [1.29, 1.82) is 0 Å². The van der Waals surface area contributed by atoms with E-state index < -0.39 is 0 Å². The van der Waals surface area contributed by atoms with Crippen LogP contribution in [0.1, 0.15) is 19.8 Å². The third-order valence-electron chi connectivity index (χ3n) is 1.76. The second-order valence-corrected chi connectivity index (χ2v) is 2.75. The van der Waals surface area contributed by atoms with E-state index in [1.807, 2.05) is 0 Å². The van der Waals surface area contributed by atoms with Crippen LogP contribution in [0.2, 0.25) is 0 Å². The van der Waals surface area contributed by atoms with Crippen LogP contribution in [0, 0.1) is 0 Å². The summed E-state index contributed by atoms with van der Waals surface area (Å²) >= 11 is 0. The molecule has 0 saturated carbocycles. The molecule has 0 spiro atoms. The average molecular weight is 156 g/mol. The van der Waals surface area contributed by atoms with Crippen molar-refractivity contribution >= 4 is 11.6 Å². The Morgan fingerprint density at radius 3 is 3.00 bits per heavy atom. The maximum atomic E-state index is 11.0. The Bertz CT molecular complexity index is 189. The average Bonchev–Trinajstić information content (AvgIpc) is 2.37. The molecule has 1 heterocycles. The first kappa shape index (κ1) is 8.04. The topological polar surface area (TPSA) is 52.9 Å². The summed E-state index contributed by atoms with van der Waals surface area (Å²) in [4.78, 5) is 12.7. The molecule has 0 aromatic heterocycles. The lowest BCUT2D eigenvalue weighted by atomic mass is 10.4. The summed E-state index contributed by atoms with van der Waals surface area (Å²) in [6, 6.07) is 0. The highest BCUT2D eigenvalue weighted by Crippen LogP contribution is 2.08. The minimum atomic E-state index is 0.160. The zero-order chi connectivity index (χ0) is 8.27. The van der Waals surface area contributed by atoms with E-state index in [0.29, 0.717) is 18.7 Å². The minimum Gasteiger partial charge on any atom is -0.411 e. The van der Waals surface area contributed by atoms with Gasteiger partial charge in [-0.1, -0.05) is 5.16 Å². The van der Waals surface area contributed by atoms with E-state index in [1.54, 1.807) is 11.8 Å². The number of amides is 1. The summed E-state index contributed by atoms with van der Waals surface area (Å²) in [7, 11) is 0. The van der Waals surface area contributed by atoms with Gasteiger partial charge in [0.2, 0.25) is 5.91 Å². The molecule has 4 heteroatoms. The van der Waals surface area contributed by atoms with Crippen LogP contribution in [-0.4, -0.2) is 34.8 Å². The zero-order valence-electron chi connectivity index (χ0n) is 6.58. The van der Waals surface area contributed by atoms with Crippen molar-refractivity contribution in [3.8, 4) is 0 Å². The maximum absolute atomic E-state index is 11.0. The highest BCUT2D eigenvalue weighted by Gasteiger charge is 2.20. The monoisotopic (exact) mass is 156 g/mol. The van der Waals surface area contributed by atoms with Crippen LogP contribution in [0.4, 0.5) is 0 Å². The molecule has 1 rings (SSSR count). The fourth-order valence-electron chi connectivity index (χ4n) is 1.18. The number of oxime groups is 1. The highest BCUT2D eigenvalue weighted by atomic mass is 16.4. The molecule has 1 aliphatic heterocycles. The summed E-state index contributed by atoms with van der Waals surface area (Å²) in [5.41, 5.74) is 0.584. The number of nitrogens with zero attached hydrogens (tertiary/aromatic N) is 2.